The predicted molar refractivity (Wildman–Crippen MR) is 81.0 cm³/mol. The highest BCUT2D eigenvalue weighted by Crippen LogP contribution is 2.49. The van der Waals surface area contributed by atoms with Gasteiger partial charge in [0.2, 0.25) is 0 Å². The highest BCUT2D eigenvalue weighted by Gasteiger charge is 2.38. The lowest BCUT2D eigenvalue weighted by Gasteiger charge is -2.24. The van der Waals surface area contributed by atoms with Crippen molar-refractivity contribution in [1.29, 1.82) is 0 Å². The van der Waals surface area contributed by atoms with Crippen molar-refractivity contribution < 1.29 is 20.1 Å². The van der Waals surface area contributed by atoms with Crippen LogP contribution in [0.25, 0.3) is 0 Å². The maximum Gasteiger partial charge on any atom is 0.0900 e. The summed E-state index contributed by atoms with van der Waals surface area (Å²) in [5.41, 5.74) is 0. The normalized spacial score (nSPS) is 29.4. The lowest BCUT2D eigenvalue weighted by atomic mass is 9.87. The fourth-order valence-electron chi connectivity index (χ4n) is 4.11. The van der Waals surface area contributed by atoms with Crippen molar-refractivity contribution in [1.82, 2.24) is 4.90 Å². The van der Waals surface area contributed by atoms with Crippen LogP contribution in [0.5, 0.6) is 0 Å². The molecular weight excluding hydrogens is 270 g/mol. The summed E-state index contributed by atoms with van der Waals surface area (Å²) in [6, 6.07) is 0. The molecule has 0 aromatic heterocycles. The molecule has 2 bridgehead atoms. The Balaban J connectivity index is 1.53. The van der Waals surface area contributed by atoms with Gasteiger partial charge in [0.1, 0.15) is 0 Å². The van der Waals surface area contributed by atoms with Crippen LogP contribution in [-0.4, -0.2) is 72.4 Å². The molecule has 0 aromatic rings. The largest absolute Gasteiger partial charge is 0.395 e. The first kappa shape index (κ1) is 17.2. The zero-order valence-corrected chi connectivity index (χ0v) is 13.0. The Hall–Kier alpha value is -0.200. The van der Waals surface area contributed by atoms with Crippen LogP contribution in [0, 0.1) is 17.8 Å². The second-order valence-corrected chi connectivity index (χ2v) is 6.70. The van der Waals surface area contributed by atoms with Gasteiger partial charge in [-0.25, -0.2) is 0 Å². The highest BCUT2D eigenvalue weighted by atomic mass is 16.5. The molecule has 2 aliphatic carbocycles. The van der Waals surface area contributed by atoms with Crippen molar-refractivity contribution in [2.24, 2.45) is 17.8 Å². The molecule has 5 heteroatoms. The van der Waals surface area contributed by atoms with Crippen LogP contribution in [0.1, 0.15) is 32.1 Å². The van der Waals surface area contributed by atoms with Gasteiger partial charge < -0.3 is 20.1 Å². The zero-order valence-electron chi connectivity index (χ0n) is 13.0. The van der Waals surface area contributed by atoms with Gasteiger partial charge in [-0.1, -0.05) is 6.42 Å². The number of ether oxygens (including phenoxy) is 1. The van der Waals surface area contributed by atoms with Gasteiger partial charge in [-0.05, 0) is 43.4 Å². The lowest BCUT2D eigenvalue weighted by molar-refractivity contribution is 0.00617. The van der Waals surface area contributed by atoms with Crippen molar-refractivity contribution in [2.45, 2.75) is 38.2 Å². The van der Waals surface area contributed by atoms with Crippen LogP contribution in [0.2, 0.25) is 0 Å². The van der Waals surface area contributed by atoms with Gasteiger partial charge in [-0.3, -0.25) is 4.90 Å². The van der Waals surface area contributed by atoms with E-state index in [9.17, 15) is 5.11 Å². The molecule has 124 valence electrons. The molecule has 2 saturated carbocycles. The average Bonchev–Trinajstić information content (AvgIpc) is 3.06. The Morgan fingerprint density at radius 2 is 1.86 bits per heavy atom. The summed E-state index contributed by atoms with van der Waals surface area (Å²) in [5, 5.41) is 27.8. The molecule has 0 radical (unpaired) electrons. The van der Waals surface area contributed by atoms with Gasteiger partial charge in [-0.15, -0.1) is 0 Å². The summed E-state index contributed by atoms with van der Waals surface area (Å²) >= 11 is 0. The molecule has 21 heavy (non-hydrogen) atoms. The molecule has 2 fully saturated rings. The molecule has 0 aliphatic heterocycles. The molecule has 2 rings (SSSR count). The van der Waals surface area contributed by atoms with E-state index >= 15 is 0 Å². The molecular formula is C16H31NO4. The number of rotatable bonds is 11. The molecule has 0 heterocycles. The molecule has 2 aliphatic rings. The molecule has 0 unspecified atom stereocenters. The zero-order chi connectivity index (χ0) is 15.1. The number of nitrogens with zero attached hydrogens (tertiary/aromatic N) is 1. The van der Waals surface area contributed by atoms with Crippen LogP contribution in [0.3, 0.4) is 0 Å². The molecule has 4 atom stereocenters. The molecule has 3 N–H and O–H groups in total. The predicted octanol–water partition coefficient (Wildman–Crippen LogP) is 0.477. The molecule has 0 spiro atoms. The monoisotopic (exact) mass is 301 g/mol. The van der Waals surface area contributed by atoms with Crippen LogP contribution in [0.15, 0.2) is 0 Å². The first-order valence-electron chi connectivity index (χ1n) is 8.42. The maximum absolute atomic E-state index is 9.94. The second-order valence-electron chi connectivity index (χ2n) is 6.70. The van der Waals surface area contributed by atoms with Crippen molar-refractivity contribution in [3.05, 3.63) is 0 Å². The number of hydrogen-bond acceptors (Lipinski definition) is 5. The average molecular weight is 301 g/mol. The van der Waals surface area contributed by atoms with Gasteiger partial charge >= 0.3 is 0 Å². The van der Waals surface area contributed by atoms with E-state index in [-0.39, 0.29) is 13.2 Å². The molecule has 5 nitrogen and oxygen atoms in total. The summed E-state index contributed by atoms with van der Waals surface area (Å²) in [7, 11) is 0. The fraction of sp³-hybridized carbons (Fsp3) is 1.00. The first-order valence-corrected chi connectivity index (χ1v) is 8.42. The topological polar surface area (TPSA) is 73.2 Å². The Morgan fingerprint density at radius 1 is 1.10 bits per heavy atom. The van der Waals surface area contributed by atoms with Crippen LogP contribution in [0.4, 0.5) is 0 Å². The van der Waals surface area contributed by atoms with Crippen molar-refractivity contribution >= 4 is 0 Å². The molecule has 0 saturated heterocycles. The van der Waals surface area contributed by atoms with E-state index in [0.29, 0.717) is 26.2 Å². The smallest absolute Gasteiger partial charge is 0.0900 e. The standard InChI is InChI=1S/C16H31NO4/c18-6-4-17(5-7-19)11-16(20)12-21-8-3-15-10-13-1-2-14(15)9-13/h13-16,18-20H,1-12H2/t13-,14+,15-,16+/m0/s1. The summed E-state index contributed by atoms with van der Waals surface area (Å²) in [6.07, 6.45) is 6.25. The van der Waals surface area contributed by atoms with Crippen molar-refractivity contribution in [3.8, 4) is 0 Å². The highest BCUT2D eigenvalue weighted by molar-refractivity contribution is 4.89. The van der Waals surface area contributed by atoms with E-state index in [1.807, 2.05) is 4.90 Å². The van der Waals surface area contributed by atoms with Crippen molar-refractivity contribution in [2.75, 3.05) is 46.1 Å². The van der Waals surface area contributed by atoms with Gasteiger partial charge in [0.05, 0.1) is 25.9 Å². The summed E-state index contributed by atoms with van der Waals surface area (Å²) in [5.74, 6) is 2.77. The summed E-state index contributed by atoms with van der Waals surface area (Å²) in [6.45, 7) is 2.55. The third-order valence-corrected chi connectivity index (χ3v) is 5.13. The Bertz CT molecular complexity index is 283. The third-order valence-electron chi connectivity index (χ3n) is 5.13. The van der Waals surface area contributed by atoms with Gasteiger partial charge in [0.15, 0.2) is 0 Å². The summed E-state index contributed by atoms with van der Waals surface area (Å²) < 4.78 is 5.62. The van der Waals surface area contributed by atoms with Crippen LogP contribution < -0.4 is 0 Å². The minimum atomic E-state index is -0.553. The number of fused-ring (bicyclic) bond motifs is 2. The minimum Gasteiger partial charge on any atom is -0.395 e. The maximum atomic E-state index is 9.94. The van der Waals surface area contributed by atoms with Gasteiger partial charge in [0, 0.05) is 26.2 Å². The van der Waals surface area contributed by atoms with E-state index in [0.717, 1.165) is 30.8 Å². The Morgan fingerprint density at radius 3 is 2.43 bits per heavy atom. The van der Waals surface area contributed by atoms with E-state index in [1.54, 1.807) is 0 Å². The molecule has 0 amide bonds. The van der Waals surface area contributed by atoms with Crippen LogP contribution >= 0.6 is 0 Å². The van der Waals surface area contributed by atoms with E-state index in [2.05, 4.69) is 0 Å². The molecule has 0 aromatic carbocycles. The van der Waals surface area contributed by atoms with Gasteiger partial charge in [-0.2, -0.15) is 0 Å². The lowest BCUT2D eigenvalue weighted by Crippen LogP contribution is -2.38. The quantitative estimate of drug-likeness (QED) is 0.484. The third kappa shape index (κ3) is 5.49. The number of hydrogen-bond donors (Lipinski definition) is 3. The van der Waals surface area contributed by atoms with Gasteiger partial charge in [0.25, 0.3) is 0 Å². The summed E-state index contributed by atoms with van der Waals surface area (Å²) in [4.78, 5) is 1.85. The number of aliphatic hydroxyl groups excluding tert-OH is 3. The first-order chi connectivity index (χ1) is 10.2. The number of aliphatic hydroxyl groups is 3. The fourth-order valence-corrected chi connectivity index (χ4v) is 4.11. The SMILES string of the molecule is OCCN(CCO)C[C@@H](O)COCC[C@H]1C[C@H]2CC[C@@H]1C2. The Kier molecular flexibility index (Phi) is 7.40. The van der Waals surface area contributed by atoms with E-state index < -0.39 is 6.10 Å². The van der Waals surface area contributed by atoms with E-state index in [1.165, 1.54) is 25.7 Å². The second kappa shape index (κ2) is 9.06. The minimum absolute atomic E-state index is 0.0395. The van der Waals surface area contributed by atoms with Crippen LogP contribution in [-0.2, 0) is 4.74 Å². The van der Waals surface area contributed by atoms with Crippen molar-refractivity contribution in [3.63, 3.8) is 0 Å². The Labute approximate surface area is 127 Å². The van der Waals surface area contributed by atoms with E-state index in [4.69, 9.17) is 14.9 Å².